The number of benzene rings is 2. The number of nitrogens with zero attached hydrogens (tertiary/aromatic N) is 4. The van der Waals surface area contributed by atoms with E-state index >= 15 is 0 Å². The molecule has 6 rings (SSSR count). The Labute approximate surface area is 219 Å². The minimum atomic E-state index is -2.50. The lowest BCUT2D eigenvalue weighted by atomic mass is 9.80. The van der Waals surface area contributed by atoms with Gasteiger partial charge < -0.3 is 9.41 Å². The van der Waals surface area contributed by atoms with Crippen molar-refractivity contribution in [1.29, 1.82) is 0 Å². The Hall–Kier alpha value is -3.29. The van der Waals surface area contributed by atoms with E-state index in [1.807, 2.05) is 10.7 Å². The smallest absolute Gasteiger partial charge is 0.261 e. The Kier molecular flexibility index (Phi) is 6.21. The molecule has 5 aromatic rings. The van der Waals surface area contributed by atoms with Crippen molar-refractivity contribution in [3.8, 4) is 0 Å². The molecule has 37 heavy (non-hydrogen) atoms. The van der Waals surface area contributed by atoms with Gasteiger partial charge in [-0.25, -0.2) is 9.50 Å². The molecule has 0 saturated heterocycles. The normalized spacial score (nSPS) is 19.0. The van der Waals surface area contributed by atoms with Gasteiger partial charge in [0, 0.05) is 24.1 Å². The number of hydrogen-bond acceptors (Lipinski definition) is 4. The zero-order chi connectivity index (χ0) is 25.5. The molecule has 0 radical (unpaired) electrons. The van der Waals surface area contributed by atoms with Gasteiger partial charge in [0.15, 0.2) is 0 Å². The van der Waals surface area contributed by atoms with E-state index in [2.05, 4.69) is 108 Å². The van der Waals surface area contributed by atoms with Crippen LogP contribution in [0.5, 0.6) is 0 Å². The van der Waals surface area contributed by atoms with Crippen LogP contribution in [0.2, 0.25) is 5.04 Å². The van der Waals surface area contributed by atoms with Crippen molar-refractivity contribution in [1.82, 2.24) is 24.8 Å². The second-order valence-electron chi connectivity index (χ2n) is 11.4. The highest BCUT2D eigenvalue weighted by molar-refractivity contribution is 6.99. The molecule has 190 valence electrons. The van der Waals surface area contributed by atoms with Gasteiger partial charge in [-0.2, -0.15) is 0 Å². The van der Waals surface area contributed by atoms with Crippen LogP contribution in [0.15, 0.2) is 79.3 Å². The topological polar surface area (TPSA) is 68.1 Å². The molecule has 0 spiro atoms. The number of rotatable bonds is 6. The van der Waals surface area contributed by atoms with Gasteiger partial charge in [0.2, 0.25) is 0 Å². The molecule has 0 amide bonds. The summed E-state index contributed by atoms with van der Waals surface area (Å²) in [7, 11) is -2.50. The van der Waals surface area contributed by atoms with Crippen LogP contribution in [0.25, 0.3) is 16.6 Å². The highest BCUT2D eigenvalue weighted by Crippen LogP contribution is 2.40. The third-order valence-corrected chi connectivity index (χ3v) is 13.2. The number of H-pyrrole nitrogens is 1. The van der Waals surface area contributed by atoms with Crippen LogP contribution in [-0.4, -0.2) is 39.7 Å². The molecule has 3 heterocycles. The molecule has 3 aromatic heterocycles. The van der Waals surface area contributed by atoms with Gasteiger partial charge in [-0.1, -0.05) is 86.6 Å². The van der Waals surface area contributed by atoms with Gasteiger partial charge in [0.1, 0.15) is 17.5 Å². The summed E-state index contributed by atoms with van der Waals surface area (Å²) in [5, 5.41) is 12.8. The van der Waals surface area contributed by atoms with Crippen molar-refractivity contribution < 1.29 is 4.43 Å². The highest BCUT2D eigenvalue weighted by atomic mass is 28.4. The molecule has 1 saturated carbocycles. The quantitative estimate of drug-likeness (QED) is 0.309. The standard InChI is InChI=1S/C30H35N5OSi/c1-30(2,3)37(24-10-6-4-7-11-24,25-12-8-5-9-13-25)36-20-22-14-16-23(17-15-22)27-28-26-18-19-31-29(26)32-21-35(28)34-33-27/h4-13,18-19,21-23,31H,14-17,20H2,1-3H3/t22-,23-. The average Bonchev–Trinajstić information content (AvgIpc) is 3.57. The molecule has 1 aliphatic rings. The summed E-state index contributed by atoms with van der Waals surface area (Å²) in [5.41, 5.74) is 3.10. The first-order valence-electron chi connectivity index (χ1n) is 13.4. The maximum absolute atomic E-state index is 7.24. The highest BCUT2D eigenvalue weighted by Gasteiger charge is 2.50. The van der Waals surface area contributed by atoms with Crippen LogP contribution in [0.4, 0.5) is 0 Å². The first-order valence-corrected chi connectivity index (χ1v) is 15.3. The van der Waals surface area contributed by atoms with Crippen molar-refractivity contribution in [2.75, 3.05) is 6.61 Å². The van der Waals surface area contributed by atoms with E-state index in [-0.39, 0.29) is 5.04 Å². The van der Waals surface area contributed by atoms with Crippen LogP contribution < -0.4 is 10.4 Å². The van der Waals surface area contributed by atoms with E-state index in [0.29, 0.717) is 11.8 Å². The van der Waals surface area contributed by atoms with Crippen molar-refractivity contribution in [3.63, 3.8) is 0 Å². The first kappa shape index (κ1) is 24.1. The van der Waals surface area contributed by atoms with E-state index in [0.717, 1.165) is 54.5 Å². The maximum atomic E-state index is 7.24. The summed E-state index contributed by atoms with van der Waals surface area (Å²) in [4.78, 5) is 7.66. The van der Waals surface area contributed by atoms with E-state index < -0.39 is 8.32 Å². The van der Waals surface area contributed by atoms with Gasteiger partial charge >= 0.3 is 0 Å². The number of fused-ring (bicyclic) bond motifs is 3. The van der Waals surface area contributed by atoms with E-state index in [4.69, 9.17) is 4.43 Å². The molecular formula is C30H35N5OSi. The van der Waals surface area contributed by atoms with Gasteiger partial charge in [-0.05, 0) is 53.1 Å². The largest absolute Gasteiger partial charge is 0.407 e. The molecule has 0 aliphatic heterocycles. The monoisotopic (exact) mass is 509 g/mol. The van der Waals surface area contributed by atoms with Crippen molar-refractivity contribution >= 4 is 35.2 Å². The van der Waals surface area contributed by atoms with Crippen LogP contribution in [0, 0.1) is 5.92 Å². The lowest BCUT2D eigenvalue weighted by molar-refractivity contribution is 0.190. The summed E-state index contributed by atoms with van der Waals surface area (Å²) >= 11 is 0. The van der Waals surface area contributed by atoms with Gasteiger partial charge in [0.05, 0.1) is 5.69 Å². The average molecular weight is 510 g/mol. The molecule has 1 aliphatic carbocycles. The fraction of sp³-hybridized carbons (Fsp3) is 0.367. The van der Waals surface area contributed by atoms with Crippen LogP contribution in [0.1, 0.15) is 58.1 Å². The zero-order valence-electron chi connectivity index (χ0n) is 21.9. The third-order valence-electron chi connectivity index (χ3n) is 8.18. The number of aromatic nitrogens is 5. The fourth-order valence-electron chi connectivity index (χ4n) is 6.30. The first-order chi connectivity index (χ1) is 18.0. The predicted molar refractivity (Wildman–Crippen MR) is 151 cm³/mol. The van der Waals surface area contributed by atoms with Crippen LogP contribution in [-0.2, 0) is 4.43 Å². The predicted octanol–water partition coefficient (Wildman–Crippen LogP) is 5.46. The summed E-state index contributed by atoms with van der Waals surface area (Å²) in [6.07, 6.45) is 8.20. The van der Waals surface area contributed by atoms with Gasteiger partial charge in [-0.3, -0.25) is 0 Å². The Morgan fingerprint density at radius 2 is 1.57 bits per heavy atom. The number of aromatic amines is 1. The zero-order valence-corrected chi connectivity index (χ0v) is 22.9. The third kappa shape index (κ3) is 4.20. The molecule has 1 fully saturated rings. The Morgan fingerprint density at radius 1 is 0.919 bits per heavy atom. The summed E-state index contributed by atoms with van der Waals surface area (Å²) < 4.78 is 9.07. The van der Waals surface area contributed by atoms with Gasteiger partial charge in [-0.15, -0.1) is 5.10 Å². The van der Waals surface area contributed by atoms with E-state index in [9.17, 15) is 0 Å². The maximum Gasteiger partial charge on any atom is 0.261 e. The van der Waals surface area contributed by atoms with Gasteiger partial charge in [0.25, 0.3) is 8.32 Å². The SMILES string of the molecule is CC(C)(C)[Si](OC[C@H]1CC[C@H](c2nnn3cnc4[nH]ccc4c23)CC1)(c1ccccc1)c1ccccc1. The summed E-state index contributed by atoms with van der Waals surface area (Å²) in [6, 6.07) is 24.0. The van der Waals surface area contributed by atoms with Crippen molar-refractivity contribution in [2.45, 2.75) is 57.4 Å². The molecule has 2 aromatic carbocycles. The van der Waals surface area contributed by atoms with E-state index in [1.54, 1.807) is 6.33 Å². The Balaban J connectivity index is 1.23. The summed E-state index contributed by atoms with van der Waals surface area (Å²) in [6.45, 7) is 7.85. The van der Waals surface area contributed by atoms with Crippen molar-refractivity contribution in [3.05, 3.63) is 84.9 Å². The van der Waals surface area contributed by atoms with E-state index in [1.165, 1.54) is 10.4 Å². The number of hydrogen-bond donors (Lipinski definition) is 1. The minimum absolute atomic E-state index is 0.00386. The molecule has 0 atom stereocenters. The lowest BCUT2D eigenvalue weighted by Crippen LogP contribution is -2.66. The second-order valence-corrected chi connectivity index (χ2v) is 15.8. The van der Waals surface area contributed by atoms with Crippen LogP contribution in [0.3, 0.4) is 0 Å². The molecule has 7 heteroatoms. The Bertz CT molecular complexity index is 1440. The summed E-state index contributed by atoms with van der Waals surface area (Å²) in [5.74, 6) is 0.968. The van der Waals surface area contributed by atoms with Crippen LogP contribution >= 0.6 is 0 Å². The van der Waals surface area contributed by atoms with Crippen molar-refractivity contribution in [2.24, 2.45) is 5.92 Å². The number of nitrogens with one attached hydrogen (secondary N) is 1. The molecular weight excluding hydrogens is 474 g/mol. The Morgan fingerprint density at radius 3 is 2.19 bits per heavy atom. The lowest BCUT2D eigenvalue weighted by Gasteiger charge is -2.44. The second kappa shape index (κ2) is 9.54. The molecule has 0 unspecified atom stereocenters. The minimum Gasteiger partial charge on any atom is -0.407 e. The molecule has 1 N–H and O–H groups in total. The molecule has 6 nitrogen and oxygen atoms in total. The fourth-order valence-corrected chi connectivity index (χ4v) is 10.9. The molecule has 0 bridgehead atoms.